The van der Waals surface area contributed by atoms with E-state index in [-0.39, 0.29) is 5.41 Å². The normalized spacial score (nSPS) is 22.8. The van der Waals surface area contributed by atoms with E-state index >= 15 is 0 Å². The summed E-state index contributed by atoms with van der Waals surface area (Å²) in [7, 11) is 1.90. The minimum absolute atomic E-state index is 0.195. The van der Waals surface area contributed by atoms with Crippen molar-refractivity contribution in [2.75, 3.05) is 37.0 Å². The second kappa shape index (κ2) is 9.51. The number of anilines is 2. The van der Waals surface area contributed by atoms with Gasteiger partial charge in [-0.15, -0.1) is 10.2 Å². The Morgan fingerprint density at radius 1 is 1.31 bits per heavy atom. The first-order chi connectivity index (χ1) is 17.3. The Bertz CT molecular complexity index is 1280. The van der Waals surface area contributed by atoms with Crippen molar-refractivity contribution in [2.24, 2.45) is 23.2 Å². The van der Waals surface area contributed by atoms with E-state index in [1.165, 1.54) is 0 Å². The number of pyridine rings is 1. The number of nitrogens with zero attached hydrogens (tertiary/aromatic N) is 5. The Kier molecular flexibility index (Phi) is 6.40. The Hall–Kier alpha value is -3.50. The van der Waals surface area contributed by atoms with Gasteiger partial charge in [-0.3, -0.25) is 5.73 Å². The molecule has 190 valence electrons. The number of hydrogen-bond donors (Lipinski definition) is 3. The summed E-state index contributed by atoms with van der Waals surface area (Å²) in [4.78, 5) is 9.50. The Morgan fingerprint density at radius 3 is 2.89 bits per heavy atom. The van der Waals surface area contributed by atoms with Crippen LogP contribution in [0.15, 0.2) is 35.6 Å². The van der Waals surface area contributed by atoms with Gasteiger partial charge in [0.2, 0.25) is 5.79 Å². The first kappa shape index (κ1) is 24.2. The quantitative estimate of drug-likeness (QED) is 0.439. The van der Waals surface area contributed by atoms with Crippen LogP contribution in [0.5, 0.6) is 5.75 Å². The highest BCUT2D eigenvalue weighted by atomic mass is 16.5. The lowest BCUT2D eigenvalue weighted by atomic mass is 9.86. The van der Waals surface area contributed by atoms with E-state index in [4.69, 9.17) is 25.2 Å². The van der Waals surface area contributed by atoms with E-state index < -0.39 is 5.79 Å². The van der Waals surface area contributed by atoms with Crippen molar-refractivity contribution >= 4 is 17.7 Å². The van der Waals surface area contributed by atoms with Crippen molar-refractivity contribution in [1.29, 1.82) is 0 Å². The topological polar surface area (TPSA) is 125 Å². The smallest absolute Gasteiger partial charge is 0.212 e. The second-order valence-corrected chi connectivity index (χ2v) is 9.93. The molecule has 3 aromatic rings. The molecule has 2 aliphatic rings. The van der Waals surface area contributed by atoms with Gasteiger partial charge >= 0.3 is 0 Å². The van der Waals surface area contributed by atoms with Crippen LogP contribution in [0.3, 0.4) is 0 Å². The third-order valence-electron chi connectivity index (χ3n) is 6.88. The van der Waals surface area contributed by atoms with Gasteiger partial charge in [-0.2, -0.15) is 0 Å². The first-order valence-electron chi connectivity index (χ1n) is 12.4. The van der Waals surface area contributed by atoms with Crippen LogP contribution in [0, 0.1) is 12.3 Å². The molecular formula is C26H34N8O2. The molecule has 36 heavy (non-hydrogen) atoms. The van der Waals surface area contributed by atoms with Gasteiger partial charge in [0.1, 0.15) is 17.9 Å². The summed E-state index contributed by atoms with van der Waals surface area (Å²) in [5.74, 6) is 0.917. The van der Waals surface area contributed by atoms with Crippen molar-refractivity contribution in [3.63, 3.8) is 0 Å². The second-order valence-electron chi connectivity index (χ2n) is 9.93. The van der Waals surface area contributed by atoms with E-state index in [1.807, 2.05) is 55.9 Å². The highest BCUT2D eigenvalue weighted by molar-refractivity contribution is 5.94. The highest BCUT2D eigenvalue weighted by Crippen LogP contribution is 2.39. The van der Waals surface area contributed by atoms with Crippen LogP contribution in [-0.2, 0) is 17.6 Å². The standard InChI is InChI=1S/C26H34N8O2/c1-5-36-21-13-18(24-33-30-16-34(24)4)6-7-20(21)26(27)29-14-19-12-17(2)31-23(22(19)32-26)28-10-8-25(3)9-11-35-15-25/h6-7,12-14,16,32H,5,8-11,15,27H2,1-4H3,(H,28,31). The average molecular weight is 491 g/mol. The van der Waals surface area contributed by atoms with Gasteiger partial charge in [-0.25, -0.2) is 9.98 Å². The number of rotatable bonds is 8. The Labute approximate surface area is 211 Å². The molecule has 1 fully saturated rings. The molecule has 4 N–H and O–H groups in total. The third kappa shape index (κ3) is 4.66. The fraction of sp³-hybridized carbons (Fsp3) is 0.462. The van der Waals surface area contributed by atoms with Gasteiger partial charge in [0, 0.05) is 43.2 Å². The van der Waals surface area contributed by atoms with E-state index in [0.717, 1.165) is 72.3 Å². The Morgan fingerprint density at radius 2 is 2.17 bits per heavy atom. The maximum Gasteiger partial charge on any atom is 0.212 e. The monoisotopic (exact) mass is 490 g/mol. The largest absolute Gasteiger partial charge is 0.493 e. The maximum atomic E-state index is 6.89. The summed E-state index contributed by atoms with van der Waals surface area (Å²) in [6.07, 6.45) is 5.55. The van der Waals surface area contributed by atoms with Gasteiger partial charge in [0.15, 0.2) is 5.82 Å². The summed E-state index contributed by atoms with van der Waals surface area (Å²) in [6.45, 7) is 9.11. The van der Waals surface area contributed by atoms with Gasteiger partial charge < -0.3 is 24.7 Å². The number of hydrogen-bond acceptors (Lipinski definition) is 9. The van der Waals surface area contributed by atoms with Crippen LogP contribution in [0.4, 0.5) is 11.5 Å². The molecule has 4 heterocycles. The van der Waals surface area contributed by atoms with Crippen LogP contribution < -0.4 is 21.1 Å². The van der Waals surface area contributed by atoms with Crippen molar-refractivity contribution in [1.82, 2.24) is 19.7 Å². The number of aromatic nitrogens is 4. The summed E-state index contributed by atoms with van der Waals surface area (Å²) < 4.78 is 13.5. The lowest BCUT2D eigenvalue weighted by Gasteiger charge is -2.34. The molecule has 2 unspecified atom stereocenters. The van der Waals surface area contributed by atoms with Gasteiger partial charge in [-0.05, 0) is 50.3 Å². The zero-order chi connectivity index (χ0) is 25.3. The fourth-order valence-electron chi connectivity index (χ4n) is 4.78. The zero-order valence-electron chi connectivity index (χ0n) is 21.3. The molecule has 0 spiro atoms. The molecule has 5 rings (SSSR count). The van der Waals surface area contributed by atoms with Crippen LogP contribution in [-0.4, -0.2) is 52.3 Å². The summed E-state index contributed by atoms with van der Waals surface area (Å²) in [5, 5.41) is 15.2. The molecule has 10 nitrogen and oxygen atoms in total. The van der Waals surface area contributed by atoms with Crippen molar-refractivity contribution in [3.8, 4) is 17.1 Å². The van der Waals surface area contributed by atoms with Crippen LogP contribution in [0.1, 0.15) is 43.5 Å². The zero-order valence-corrected chi connectivity index (χ0v) is 21.3. The molecule has 10 heteroatoms. The van der Waals surface area contributed by atoms with E-state index in [1.54, 1.807) is 6.33 Å². The summed E-state index contributed by atoms with van der Waals surface area (Å²) in [6, 6.07) is 7.82. The molecule has 1 saturated heterocycles. The number of nitrogens with one attached hydrogen (secondary N) is 2. The predicted octanol–water partition coefficient (Wildman–Crippen LogP) is 3.43. The highest BCUT2D eigenvalue weighted by Gasteiger charge is 2.35. The molecule has 1 aromatic carbocycles. The SMILES string of the molecule is CCOc1cc(-c2nncn2C)ccc1C1(N)N=Cc2cc(C)nc(NCCC3(C)CCOC3)c2N1. The fourth-order valence-corrected chi connectivity index (χ4v) is 4.78. The summed E-state index contributed by atoms with van der Waals surface area (Å²) in [5.41, 5.74) is 11.4. The minimum atomic E-state index is -1.23. The lowest BCUT2D eigenvalue weighted by molar-refractivity contribution is 0.157. The van der Waals surface area contributed by atoms with Crippen LogP contribution >= 0.6 is 0 Å². The molecule has 2 aromatic heterocycles. The number of aliphatic imine (C=N–C) groups is 1. The number of ether oxygens (including phenoxy) is 2. The van der Waals surface area contributed by atoms with Gasteiger partial charge in [0.25, 0.3) is 0 Å². The van der Waals surface area contributed by atoms with Crippen molar-refractivity contribution < 1.29 is 9.47 Å². The molecule has 0 bridgehead atoms. The van der Waals surface area contributed by atoms with E-state index in [9.17, 15) is 0 Å². The van der Waals surface area contributed by atoms with Crippen molar-refractivity contribution in [2.45, 2.75) is 39.4 Å². The molecule has 2 aliphatic heterocycles. The van der Waals surface area contributed by atoms with Crippen LogP contribution in [0.2, 0.25) is 0 Å². The van der Waals surface area contributed by atoms with Crippen LogP contribution in [0.25, 0.3) is 11.4 Å². The minimum Gasteiger partial charge on any atom is -0.493 e. The number of benzene rings is 1. The average Bonchev–Trinajstić information content (AvgIpc) is 3.48. The summed E-state index contributed by atoms with van der Waals surface area (Å²) >= 11 is 0. The third-order valence-corrected chi connectivity index (χ3v) is 6.88. The predicted molar refractivity (Wildman–Crippen MR) is 140 cm³/mol. The van der Waals surface area contributed by atoms with Gasteiger partial charge in [-0.1, -0.05) is 13.0 Å². The van der Waals surface area contributed by atoms with E-state index in [2.05, 4.69) is 27.8 Å². The molecule has 0 amide bonds. The lowest BCUT2D eigenvalue weighted by Crippen LogP contribution is -2.45. The maximum absolute atomic E-state index is 6.89. The van der Waals surface area contributed by atoms with Crippen molar-refractivity contribution in [3.05, 3.63) is 47.4 Å². The molecule has 0 saturated carbocycles. The Balaban J connectivity index is 1.44. The molecule has 2 atom stereocenters. The number of nitrogens with two attached hydrogens (primary N) is 1. The molecule has 0 radical (unpaired) electrons. The molecule has 0 aliphatic carbocycles. The van der Waals surface area contributed by atoms with Gasteiger partial charge in [0.05, 0.1) is 24.5 Å². The number of fused-ring (bicyclic) bond motifs is 1. The van der Waals surface area contributed by atoms with E-state index in [0.29, 0.717) is 12.4 Å². The molecular weight excluding hydrogens is 456 g/mol. The number of aryl methyl sites for hydroxylation is 2. The first-order valence-corrected chi connectivity index (χ1v) is 12.4.